The maximum Gasteiger partial charge on any atom is 0.246 e. The molecule has 1 aromatic heterocycles. The van der Waals surface area contributed by atoms with Crippen molar-refractivity contribution in [2.24, 2.45) is 0 Å². The highest BCUT2D eigenvalue weighted by molar-refractivity contribution is 5.91. The van der Waals surface area contributed by atoms with Crippen LogP contribution in [0, 0.1) is 0 Å². The first-order valence-electron chi connectivity index (χ1n) is 10.7. The number of hydrogen-bond donors (Lipinski definition) is 0. The number of benzene rings is 2. The molecule has 2 heterocycles. The number of fused-ring (bicyclic) bond motifs is 1. The Morgan fingerprint density at radius 2 is 1.75 bits per heavy atom. The maximum absolute atomic E-state index is 12.0. The zero-order valence-corrected chi connectivity index (χ0v) is 18.6. The highest BCUT2D eigenvalue weighted by Crippen LogP contribution is 2.29. The van der Waals surface area contributed by atoms with Crippen molar-refractivity contribution in [3.8, 4) is 11.5 Å². The number of piperazine rings is 1. The highest BCUT2D eigenvalue weighted by Gasteiger charge is 2.23. The molecule has 0 radical (unpaired) electrons. The molecular formula is C25H28N4O3. The van der Waals surface area contributed by atoms with Crippen LogP contribution in [0.25, 0.3) is 10.9 Å². The Labute approximate surface area is 188 Å². The standard InChI is InChI=1S/C25H28N4O3/c1-4-24(30)28-12-14-29(15-13-28)25-21-17-20(32-3)9-10-22(21)26-23(27-25)11-8-18-6-5-7-19(16-18)31-2/h4-7,9-10,16-17H,1,8,11-15H2,2-3H3. The Morgan fingerprint density at radius 3 is 2.47 bits per heavy atom. The largest absolute Gasteiger partial charge is 0.497 e. The summed E-state index contributed by atoms with van der Waals surface area (Å²) in [6.45, 7) is 6.28. The molecule has 1 aliphatic heterocycles. The third-order valence-electron chi connectivity index (χ3n) is 5.77. The van der Waals surface area contributed by atoms with Crippen LogP contribution in [0.4, 0.5) is 5.82 Å². The zero-order valence-electron chi connectivity index (χ0n) is 18.6. The summed E-state index contributed by atoms with van der Waals surface area (Å²) < 4.78 is 10.8. The maximum atomic E-state index is 12.0. The molecule has 0 atom stereocenters. The van der Waals surface area contributed by atoms with Crippen LogP contribution in [-0.2, 0) is 17.6 Å². The minimum atomic E-state index is -0.0298. The van der Waals surface area contributed by atoms with Gasteiger partial charge in [-0.25, -0.2) is 9.97 Å². The summed E-state index contributed by atoms with van der Waals surface area (Å²) >= 11 is 0. The molecule has 0 bridgehead atoms. The fourth-order valence-electron chi connectivity index (χ4n) is 3.97. The molecule has 3 aromatic rings. The SMILES string of the molecule is C=CC(=O)N1CCN(c2nc(CCc3cccc(OC)c3)nc3ccc(OC)cc23)CC1. The molecule has 7 heteroatoms. The first-order valence-corrected chi connectivity index (χ1v) is 10.7. The van der Waals surface area contributed by atoms with Crippen LogP contribution in [0.15, 0.2) is 55.1 Å². The smallest absolute Gasteiger partial charge is 0.246 e. The predicted octanol–water partition coefficient (Wildman–Crippen LogP) is 3.27. The Hall–Kier alpha value is -3.61. The average Bonchev–Trinajstić information content (AvgIpc) is 2.86. The van der Waals surface area contributed by atoms with Crippen LogP contribution in [0.5, 0.6) is 11.5 Å². The van der Waals surface area contributed by atoms with Gasteiger partial charge in [-0.2, -0.15) is 0 Å². The summed E-state index contributed by atoms with van der Waals surface area (Å²) in [5.74, 6) is 3.27. The van der Waals surface area contributed by atoms with Gasteiger partial charge >= 0.3 is 0 Å². The van der Waals surface area contributed by atoms with Crippen molar-refractivity contribution in [3.05, 3.63) is 66.5 Å². The van der Waals surface area contributed by atoms with Crippen molar-refractivity contribution in [3.63, 3.8) is 0 Å². The molecule has 1 aliphatic rings. The highest BCUT2D eigenvalue weighted by atomic mass is 16.5. The Kier molecular flexibility index (Phi) is 6.54. The number of rotatable bonds is 7. The van der Waals surface area contributed by atoms with E-state index in [1.54, 1.807) is 14.2 Å². The summed E-state index contributed by atoms with van der Waals surface area (Å²) in [5, 5.41) is 0.956. The summed E-state index contributed by atoms with van der Waals surface area (Å²) in [6.07, 6.45) is 2.91. The molecule has 0 N–H and O–H groups in total. The first-order chi connectivity index (χ1) is 15.6. The molecule has 32 heavy (non-hydrogen) atoms. The molecule has 0 aliphatic carbocycles. The van der Waals surface area contributed by atoms with Crippen LogP contribution >= 0.6 is 0 Å². The van der Waals surface area contributed by atoms with Crippen LogP contribution in [0.2, 0.25) is 0 Å². The lowest BCUT2D eigenvalue weighted by Crippen LogP contribution is -2.48. The summed E-state index contributed by atoms with van der Waals surface area (Å²) in [7, 11) is 3.33. The average molecular weight is 433 g/mol. The van der Waals surface area contributed by atoms with Gasteiger partial charge < -0.3 is 19.3 Å². The van der Waals surface area contributed by atoms with Gasteiger partial charge in [-0.1, -0.05) is 18.7 Å². The molecule has 1 fully saturated rings. The molecule has 0 saturated carbocycles. The second-order valence-electron chi connectivity index (χ2n) is 7.71. The molecule has 1 amide bonds. The normalized spacial score (nSPS) is 13.8. The Balaban J connectivity index is 1.62. The van der Waals surface area contributed by atoms with Crippen molar-refractivity contribution in [2.75, 3.05) is 45.3 Å². The van der Waals surface area contributed by atoms with E-state index in [-0.39, 0.29) is 5.91 Å². The van der Waals surface area contributed by atoms with Crippen molar-refractivity contribution < 1.29 is 14.3 Å². The number of methoxy groups -OCH3 is 2. The number of aromatic nitrogens is 2. The second-order valence-corrected chi connectivity index (χ2v) is 7.71. The monoisotopic (exact) mass is 432 g/mol. The van der Waals surface area contributed by atoms with Gasteiger partial charge in [0, 0.05) is 38.0 Å². The van der Waals surface area contributed by atoms with Gasteiger partial charge in [0.1, 0.15) is 23.1 Å². The van der Waals surface area contributed by atoms with E-state index in [4.69, 9.17) is 19.4 Å². The summed E-state index contributed by atoms with van der Waals surface area (Å²) in [5.41, 5.74) is 2.07. The molecular weight excluding hydrogens is 404 g/mol. The van der Waals surface area contributed by atoms with Gasteiger partial charge in [0.15, 0.2) is 0 Å². The minimum Gasteiger partial charge on any atom is -0.497 e. The van der Waals surface area contributed by atoms with E-state index in [1.165, 1.54) is 11.6 Å². The number of carbonyl (C=O) groups excluding carboxylic acids is 1. The lowest BCUT2D eigenvalue weighted by Gasteiger charge is -2.35. The van der Waals surface area contributed by atoms with Crippen LogP contribution in [0.1, 0.15) is 11.4 Å². The Bertz CT molecular complexity index is 1120. The van der Waals surface area contributed by atoms with Gasteiger partial charge in [0.25, 0.3) is 0 Å². The third-order valence-corrected chi connectivity index (χ3v) is 5.77. The van der Waals surface area contributed by atoms with E-state index >= 15 is 0 Å². The zero-order chi connectivity index (χ0) is 22.5. The number of hydrogen-bond acceptors (Lipinski definition) is 6. The summed E-state index contributed by atoms with van der Waals surface area (Å²) in [4.78, 5) is 25.8. The second kappa shape index (κ2) is 9.68. The van der Waals surface area contributed by atoms with Crippen LogP contribution in [0.3, 0.4) is 0 Å². The number of carbonyl (C=O) groups is 1. The molecule has 2 aromatic carbocycles. The van der Waals surface area contributed by atoms with E-state index in [1.807, 2.05) is 41.3 Å². The molecule has 1 saturated heterocycles. The number of amides is 1. The van der Waals surface area contributed by atoms with E-state index in [0.29, 0.717) is 26.2 Å². The number of ether oxygens (including phenoxy) is 2. The van der Waals surface area contributed by atoms with E-state index in [2.05, 4.69) is 17.5 Å². The van der Waals surface area contributed by atoms with Gasteiger partial charge in [0.2, 0.25) is 5.91 Å². The molecule has 166 valence electrons. The molecule has 7 nitrogen and oxygen atoms in total. The molecule has 0 spiro atoms. The van der Waals surface area contributed by atoms with Crippen LogP contribution < -0.4 is 14.4 Å². The van der Waals surface area contributed by atoms with Gasteiger partial charge in [-0.3, -0.25) is 4.79 Å². The quantitative estimate of drug-likeness (QED) is 0.534. The fourth-order valence-corrected chi connectivity index (χ4v) is 3.97. The van der Waals surface area contributed by atoms with Gasteiger partial charge in [-0.05, 0) is 48.4 Å². The van der Waals surface area contributed by atoms with Crippen molar-refractivity contribution in [1.29, 1.82) is 0 Å². The molecule has 4 rings (SSSR count). The lowest BCUT2D eigenvalue weighted by atomic mass is 10.1. The van der Waals surface area contributed by atoms with Crippen LogP contribution in [-0.4, -0.2) is 61.2 Å². The number of aryl methyl sites for hydroxylation is 2. The number of nitrogens with zero attached hydrogens (tertiary/aromatic N) is 4. The lowest BCUT2D eigenvalue weighted by molar-refractivity contribution is -0.126. The Morgan fingerprint density at radius 1 is 1.00 bits per heavy atom. The van der Waals surface area contributed by atoms with Gasteiger partial charge in [0.05, 0.1) is 19.7 Å². The van der Waals surface area contributed by atoms with Gasteiger partial charge in [-0.15, -0.1) is 0 Å². The van der Waals surface area contributed by atoms with Crippen molar-refractivity contribution in [2.45, 2.75) is 12.8 Å². The van der Waals surface area contributed by atoms with E-state index in [9.17, 15) is 4.79 Å². The minimum absolute atomic E-state index is 0.0298. The third kappa shape index (κ3) is 4.66. The topological polar surface area (TPSA) is 67.8 Å². The fraction of sp³-hybridized carbons (Fsp3) is 0.320. The van der Waals surface area contributed by atoms with Crippen molar-refractivity contribution in [1.82, 2.24) is 14.9 Å². The predicted molar refractivity (Wildman–Crippen MR) is 125 cm³/mol. The number of anilines is 1. The van der Waals surface area contributed by atoms with E-state index in [0.717, 1.165) is 46.9 Å². The molecule has 0 unspecified atom stereocenters. The summed E-state index contributed by atoms with van der Waals surface area (Å²) in [6, 6.07) is 14.0. The van der Waals surface area contributed by atoms with Crippen molar-refractivity contribution >= 4 is 22.6 Å². The first kappa shape index (κ1) is 21.6. The van der Waals surface area contributed by atoms with E-state index < -0.39 is 0 Å².